The number of nitrogens with two attached hydrogens (primary N) is 1. The summed E-state index contributed by atoms with van der Waals surface area (Å²) in [5.74, 6) is 0.755. The molecule has 2 rings (SSSR count). The Morgan fingerprint density at radius 1 is 1.10 bits per heavy atom. The smallest absolute Gasteiger partial charge is 0.193 e. The SMILES string of the molecule is NC(=NCCCOc1ccc(F)cc1)Nc1ccccc1. The number of ether oxygens (including phenoxy) is 1. The van der Waals surface area contributed by atoms with Gasteiger partial charge in [-0.3, -0.25) is 4.99 Å². The summed E-state index contributed by atoms with van der Waals surface area (Å²) in [6.07, 6.45) is 0.731. The van der Waals surface area contributed by atoms with Crippen LogP contribution >= 0.6 is 0 Å². The minimum absolute atomic E-state index is 0.272. The van der Waals surface area contributed by atoms with E-state index in [1.807, 2.05) is 30.3 Å². The second-order valence-electron chi connectivity index (χ2n) is 4.41. The molecule has 0 unspecified atom stereocenters. The molecule has 0 fully saturated rings. The molecule has 0 radical (unpaired) electrons. The Morgan fingerprint density at radius 2 is 1.81 bits per heavy atom. The van der Waals surface area contributed by atoms with Gasteiger partial charge in [0.05, 0.1) is 6.61 Å². The number of hydrogen-bond donors (Lipinski definition) is 2. The molecule has 0 bridgehead atoms. The zero-order valence-electron chi connectivity index (χ0n) is 11.6. The van der Waals surface area contributed by atoms with Crippen molar-refractivity contribution in [3.8, 4) is 5.75 Å². The lowest BCUT2D eigenvalue weighted by Crippen LogP contribution is -2.23. The summed E-state index contributed by atoms with van der Waals surface area (Å²) in [6.45, 7) is 1.07. The van der Waals surface area contributed by atoms with Crippen LogP contribution in [0.4, 0.5) is 10.1 Å². The van der Waals surface area contributed by atoms with Crippen molar-refractivity contribution in [2.24, 2.45) is 10.7 Å². The first-order valence-electron chi connectivity index (χ1n) is 6.74. The van der Waals surface area contributed by atoms with Crippen LogP contribution < -0.4 is 15.8 Å². The van der Waals surface area contributed by atoms with Gasteiger partial charge in [0.25, 0.3) is 0 Å². The van der Waals surface area contributed by atoms with Crippen LogP contribution in [0.3, 0.4) is 0 Å². The predicted molar refractivity (Wildman–Crippen MR) is 83.1 cm³/mol. The second-order valence-corrected chi connectivity index (χ2v) is 4.41. The Labute approximate surface area is 123 Å². The van der Waals surface area contributed by atoms with Gasteiger partial charge >= 0.3 is 0 Å². The summed E-state index contributed by atoms with van der Waals surface area (Å²) < 4.78 is 18.2. The molecule has 21 heavy (non-hydrogen) atoms. The highest BCUT2D eigenvalue weighted by molar-refractivity contribution is 5.92. The van der Waals surface area contributed by atoms with E-state index in [9.17, 15) is 4.39 Å². The van der Waals surface area contributed by atoms with Crippen molar-refractivity contribution < 1.29 is 9.13 Å². The largest absolute Gasteiger partial charge is 0.494 e. The molecule has 2 aromatic carbocycles. The van der Waals surface area contributed by atoms with Gasteiger partial charge in [-0.15, -0.1) is 0 Å². The molecule has 0 amide bonds. The quantitative estimate of drug-likeness (QED) is 0.488. The molecule has 110 valence electrons. The molecule has 5 heteroatoms. The highest BCUT2D eigenvalue weighted by Gasteiger charge is 1.96. The number of aliphatic imine (C=N–C) groups is 1. The van der Waals surface area contributed by atoms with Crippen molar-refractivity contribution in [2.75, 3.05) is 18.5 Å². The molecule has 0 spiro atoms. The van der Waals surface area contributed by atoms with Crippen LogP contribution in [0.1, 0.15) is 6.42 Å². The number of hydrogen-bond acceptors (Lipinski definition) is 2. The van der Waals surface area contributed by atoms with Gasteiger partial charge in [-0.1, -0.05) is 18.2 Å². The van der Waals surface area contributed by atoms with Crippen LogP contribution in [0.25, 0.3) is 0 Å². The number of benzene rings is 2. The van der Waals surface area contributed by atoms with E-state index in [0.717, 1.165) is 12.1 Å². The molecular weight excluding hydrogens is 269 g/mol. The van der Waals surface area contributed by atoms with Gasteiger partial charge in [0.2, 0.25) is 0 Å². The molecule has 0 aliphatic carbocycles. The van der Waals surface area contributed by atoms with E-state index in [2.05, 4.69) is 10.3 Å². The van der Waals surface area contributed by atoms with Gasteiger partial charge in [-0.2, -0.15) is 0 Å². The molecule has 0 saturated carbocycles. The summed E-state index contributed by atoms with van der Waals surface area (Å²) in [7, 11) is 0. The highest BCUT2D eigenvalue weighted by atomic mass is 19.1. The summed E-state index contributed by atoms with van der Waals surface area (Å²) in [5.41, 5.74) is 6.68. The van der Waals surface area contributed by atoms with Crippen LogP contribution in [0, 0.1) is 5.82 Å². The summed E-state index contributed by atoms with van der Waals surface area (Å²) in [5, 5.41) is 3.00. The third-order valence-electron chi connectivity index (χ3n) is 2.71. The Morgan fingerprint density at radius 3 is 2.52 bits per heavy atom. The topological polar surface area (TPSA) is 59.6 Å². The monoisotopic (exact) mass is 287 g/mol. The number of anilines is 1. The molecular formula is C16H18FN3O. The van der Waals surface area contributed by atoms with Crippen LogP contribution in [-0.4, -0.2) is 19.1 Å². The Balaban J connectivity index is 1.66. The third-order valence-corrected chi connectivity index (χ3v) is 2.71. The fourth-order valence-electron chi connectivity index (χ4n) is 1.69. The average molecular weight is 287 g/mol. The van der Waals surface area contributed by atoms with E-state index in [0.29, 0.717) is 24.9 Å². The minimum Gasteiger partial charge on any atom is -0.494 e. The number of rotatable bonds is 6. The van der Waals surface area contributed by atoms with Gasteiger partial charge < -0.3 is 15.8 Å². The predicted octanol–water partition coefficient (Wildman–Crippen LogP) is 3.02. The number of para-hydroxylation sites is 1. The van der Waals surface area contributed by atoms with Gasteiger partial charge in [-0.25, -0.2) is 4.39 Å². The molecule has 0 aliphatic heterocycles. The summed E-state index contributed by atoms with van der Waals surface area (Å²) >= 11 is 0. The number of guanidine groups is 1. The first-order valence-corrected chi connectivity index (χ1v) is 6.74. The molecule has 3 N–H and O–H groups in total. The van der Waals surface area contributed by atoms with Crippen molar-refractivity contribution in [3.63, 3.8) is 0 Å². The maximum Gasteiger partial charge on any atom is 0.193 e. The fraction of sp³-hybridized carbons (Fsp3) is 0.188. The zero-order valence-corrected chi connectivity index (χ0v) is 11.6. The van der Waals surface area contributed by atoms with Gasteiger partial charge in [0.15, 0.2) is 5.96 Å². The van der Waals surface area contributed by atoms with Gasteiger partial charge in [-0.05, 0) is 36.4 Å². The van der Waals surface area contributed by atoms with Crippen molar-refractivity contribution in [3.05, 3.63) is 60.4 Å². The first-order chi connectivity index (χ1) is 10.2. The zero-order chi connectivity index (χ0) is 14.9. The van der Waals surface area contributed by atoms with E-state index >= 15 is 0 Å². The number of nitrogens with zero attached hydrogens (tertiary/aromatic N) is 1. The average Bonchev–Trinajstić information content (AvgIpc) is 2.50. The maximum atomic E-state index is 12.7. The Hall–Kier alpha value is -2.56. The molecule has 4 nitrogen and oxygen atoms in total. The van der Waals surface area contributed by atoms with Crippen molar-refractivity contribution in [1.29, 1.82) is 0 Å². The van der Waals surface area contributed by atoms with Crippen LogP contribution in [-0.2, 0) is 0 Å². The lowest BCUT2D eigenvalue weighted by Gasteiger charge is -2.06. The Bertz CT molecular complexity index is 570. The maximum absolute atomic E-state index is 12.7. The highest BCUT2D eigenvalue weighted by Crippen LogP contribution is 2.11. The summed E-state index contributed by atoms with van der Waals surface area (Å²) in [4.78, 5) is 4.21. The van der Waals surface area contributed by atoms with Crippen LogP contribution in [0.15, 0.2) is 59.6 Å². The van der Waals surface area contributed by atoms with Gasteiger partial charge in [0.1, 0.15) is 11.6 Å². The van der Waals surface area contributed by atoms with Crippen molar-refractivity contribution in [2.45, 2.75) is 6.42 Å². The Kier molecular flexibility index (Phi) is 5.58. The molecule has 0 aromatic heterocycles. The molecule has 0 atom stereocenters. The van der Waals surface area contributed by atoms with Gasteiger partial charge in [0, 0.05) is 18.7 Å². The number of halogens is 1. The van der Waals surface area contributed by atoms with Crippen LogP contribution in [0.5, 0.6) is 5.75 Å². The van der Waals surface area contributed by atoms with Crippen LogP contribution in [0.2, 0.25) is 0 Å². The standard InChI is InChI=1S/C16H18FN3O/c17-13-7-9-15(10-8-13)21-12-4-11-19-16(18)20-14-5-2-1-3-6-14/h1-3,5-10H,4,11-12H2,(H3,18,19,20). The van der Waals surface area contributed by atoms with E-state index in [1.54, 1.807) is 12.1 Å². The van der Waals surface area contributed by atoms with Crippen molar-refractivity contribution in [1.82, 2.24) is 0 Å². The molecule has 0 saturated heterocycles. The fourth-order valence-corrected chi connectivity index (χ4v) is 1.69. The minimum atomic E-state index is -0.272. The van der Waals surface area contributed by atoms with E-state index in [1.165, 1.54) is 12.1 Å². The van der Waals surface area contributed by atoms with E-state index in [-0.39, 0.29) is 5.82 Å². The molecule has 0 aliphatic rings. The first kappa shape index (κ1) is 14.8. The lowest BCUT2D eigenvalue weighted by atomic mass is 10.3. The normalized spacial score (nSPS) is 11.2. The van der Waals surface area contributed by atoms with E-state index in [4.69, 9.17) is 10.5 Å². The second kappa shape index (κ2) is 7.89. The summed E-state index contributed by atoms with van der Waals surface area (Å²) in [6, 6.07) is 15.6. The van der Waals surface area contributed by atoms with E-state index < -0.39 is 0 Å². The molecule has 0 heterocycles. The lowest BCUT2D eigenvalue weighted by molar-refractivity contribution is 0.313. The third kappa shape index (κ3) is 5.52. The molecule has 2 aromatic rings. The number of nitrogens with one attached hydrogen (secondary N) is 1. The van der Waals surface area contributed by atoms with Crippen molar-refractivity contribution >= 4 is 11.6 Å².